The largest absolute Gasteiger partial charge is 0.445 e. The van der Waals surface area contributed by atoms with Gasteiger partial charge >= 0.3 is 6.09 Å². The summed E-state index contributed by atoms with van der Waals surface area (Å²) in [7, 11) is 0. The molecule has 1 aliphatic rings. The van der Waals surface area contributed by atoms with E-state index in [4.69, 9.17) is 9.84 Å². The Balaban J connectivity index is 1.88. The van der Waals surface area contributed by atoms with Gasteiger partial charge in [0.05, 0.1) is 0 Å². The Kier molecular flexibility index (Phi) is 5.83. The smallest absolute Gasteiger partial charge is 0.410 e. The Morgan fingerprint density at radius 1 is 1.40 bits per heavy atom. The molecule has 1 fully saturated rings. The average Bonchev–Trinajstić information content (AvgIpc) is 3.01. The number of carbonyl (C=O) groups is 1. The molecule has 0 aromatic heterocycles. The van der Waals surface area contributed by atoms with Crippen molar-refractivity contribution >= 4 is 6.09 Å². The molecule has 1 aromatic carbocycles. The standard InChI is InChI=1S/C15H22N2O3/c18-10-4-9-17(14-7-8-16-11-14)15(19)20-12-13-5-2-1-3-6-13/h1-3,5-6,14,16,18H,4,7-12H2. The van der Waals surface area contributed by atoms with Crippen molar-refractivity contribution in [2.45, 2.75) is 25.5 Å². The van der Waals surface area contributed by atoms with Gasteiger partial charge in [-0.3, -0.25) is 0 Å². The van der Waals surface area contributed by atoms with E-state index in [2.05, 4.69) is 5.32 Å². The van der Waals surface area contributed by atoms with Gasteiger partial charge in [0.25, 0.3) is 0 Å². The molecule has 20 heavy (non-hydrogen) atoms. The molecule has 1 aromatic rings. The number of rotatable bonds is 6. The minimum atomic E-state index is -0.295. The van der Waals surface area contributed by atoms with E-state index in [0.29, 0.717) is 13.0 Å². The normalized spacial score (nSPS) is 17.9. The number of aliphatic hydroxyl groups is 1. The van der Waals surface area contributed by atoms with E-state index >= 15 is 0 Å². The lowest BCUT2D eigenvalue weighted by Gasteiger charge is -2.27. The lowest BCUT2D eigenvalue weighted by molar-refractivity contribution is 0.0803. The Morgan fingerprint density at radius 3 is 2.85 bits per heavy atom. The molecule has 1 atom stereocenters. The fourth-order valence-corrected chi connectivity index (χ4v) is 2.37. The molecule has 5 nitrogen and oxygen atoms in total. The van der Waals surface area contributed by atoms with E-state index in [0.717, 1.165) is 25.1 Å². The Bertz CT molecular complexity index is 405. The topological polar surface area (TPSA) is 61.8 Å². The van der Waals surface area contributed by atoms with Gasteiger partial charge < -0.3 is 20.1 Å². The quantitative estimate of drug-likeness (QED) is 0.825. The molecule has 1 saturated heterocycles. The number of nitrogens with zero attached hydrogens (tertiary/aromatic N) is 1. The molecule has 2 N–H and O–H groups in total. The molecule has 1 heterocycles. The van der Waals surface area contributed by atoms with Crippen LogP contribution < -0.4 is 5.32 Å². The summed E-state index contributed by atoms with van der Waals surface area (Å²) in [6, 6.07) is 9.82. The van der Waals surface area contributed by atoms with Gasteiger partial charge in [-0.25, -0.2) is 4.79 Å². The van der Waals surface area contributed by atoms with Crippen LogP contribution in [0.25, 0.3) is 0 Å². The van der Waals surface area contributed by atoms with Crippen LogP contribution in [0.4, 0.5) is 4.79 Å². The monoisotopic (exact) mass is 278 g/mol. The van der Waals surface area contributed by atoms with Gasteiger partial charge in [0, 0.05) is 25.7 Å². The lowest BCUT2D eigenvalue weighted by atomic mass is 10.2. The summed E-state index contributed by atoms with van der Waals surface area (Å²) >= 11 is 0. The highest BCUT2D eigenvalue weighted by molar-refractivity contribution is 5.68. The summed E-state index contributed by atoms with van der Waals surface area (Å²) in [6.07, 6.45) is 1.22. The van der Waals surface area contributed by atoms with Gasteiger partial charge in [-0.15, -0.1) is 0 Å². The van der Waals surface area contributed by atoms with Crippen LogP contribution in [0.1, 0.15) is 18.4 Å². The van der Waals surface area contributed by atoms with Crippen molar-refractivity contribution < 1.29 is 14.6 Å². The second kappa shape index (κ2) is 7.87. The second-order valence-electron chi connectivity index (χ2n) is 4.96. The highest BCUT2D eigenvalue weighted by Gasteiger charge is 2.27. The minimum absolute atomic E-state index is 0.0859. The summed E-state index contributed by atoms with van der Waals surface area (Å²) in [5, 5.41) is 12.2. The predicted molar refractivity (Wildman–Crippen MR) is 76.3 cm³/mol. The van der Waals surface area contributed by atoms with E-state index in [9.17, 15) is 4.79 Å². The number of amides is 1. The summed E-state index contributed by atoms with van der Waals surface area (Å²) in [5.74, 6) is 0. The third-order valence-corrected chi connectivity index (χ3v) is 3.47. The van der Waals surface area contributed by atoms with Crippen LogP contribution >= 0.6 is 0 Å². The maximum Gasteiger partial charge on any atom is 0.410 e. The Hall–Kier alpha value is -1.59. The van der Waals surface area contributed by atoms with Crippen molar-refractivity contribution in [3.8, 4) is 0 Å². The van der Waals surface area contributed by atoms with Crippen molar-refractivity contribution in [3.05, 3.63) is 35.9 Å². The molecule has 0 bridgehead atoms. The van der Waals surface area contributed by atoms with E-state index in [-0.39, 0.29) is 25.3 Å². The zero-order valence-corrected chi connectivity index (χ0v) is 11.6. The van der Waals surface area contributed by atoms with Gasteiger partial charge in [0.15, 0.2) is 0 Å². The van der Waals surface area contributed by atoms with E-state index in [1.165, 1.54) is 0 Å². The minimum Gasteiger partial charge on any atom is -0.445 e. The number of hydrogen-bond donors (Lipinski definition) is 2. The van der Waals surface area contributed by atoms with Crippen LogP contribution in [0.3, 0.4) is 0 Å². The summed E-state index contributed by atoms with van der Waals surface area (Å²) < 4.78 is 5.38. The maximum atomic E-state index is 12.2. The first-order chi connectivity index (χ1) is 9.81. The first-order valence-corrected chi connectivity index (χ1v) is 7.10. The van der Waals surface area contributed by atoms with Crippen LogP contribution in [0, 0.1) is 0 Å². The first kappa shape index (κ1) is 14.8. The van der Waals surface area contributed by atoms with Crippen LogP contribution in [0.5, 0.6) is 0 Å². The predicted octanol–water partition coefficient (Wildman–Crippen LogP) is 1.37. The molecule has 0 spiro atoms. The molecule has 110 valence electrons. The average molecular weight is 278 g/mol. The molecule has 0 aliphatic carbocycles. The van der Waals surface area contributed by atoms with Gasteiger partial charge in [-0.05, 0) is 24.9 Å². The summed E-state index contributed by atoms with van der Waals surface area (Å²) in [6.45, 7) is 2.63. The zero-order chi connectivity index (χ0) is 14.2. The number of aliphatic hydroxyl groups excluding tert-OH is 1. The third kappa shape index (κ3) is 4.21. The Labute approximate surface area is 119 Å². The fraction of sp³-hybridized carbons (Fsp3) is 0.533. The summed E-state index contributed by atoms with van der Waals surface area (Å²) in [4.78, 5) is 13.9. The van der Waals surface area contributed by atoms with E-state index < -0.39 is 0 Å². The highest BCUT2D eigenvalue weighted by Crippen LogP contribution is 2.12. The summed E-state index contributed by atoms with van der Waals surface area (Å²) in [5.41, 5.74) is 0.979. The highest BCUT2D eigenvalue weighted by atomic mass is 16.6. The number of benzene rings is 1. The molecule has 5 heteroatoms. The van der Waals surface area contributed by atoms with Crippen LogP contribution in [0.15, 0.2) is 30.3 Å². The number of hydrogen-bond acceptors (Lipinski definition) is 4. The molecule has 0 saturated carbocycles. The molecular weight excluding hydrogens is 256 g/mol. The van der Waals surface area contributed by atoms with Gasteiger partial charge in [0.2, 0.25) is 0 Å². The van der Waals surface area contributed by atoms with Gasteiger partial charge in [0.1, 0.15) is 6.61 Å². The maximum absolute atomic E-state index is 12.2. The van der Waals surface area contributed by atoms with E-state index in [1.807, 2.05) is 30.3 Å². The molecule has 1 amide bonds. The zero-order valence-electron chi connectivity index (χ0n) is 11.6. The number of nitrogens with one attached hydrogen (secondary N) is 1. The van der Waals surface area contributed by atoms with E-state index in [1.54, 1.807) is 4.90 Å². The van der Waals surface area contributed by atoms with Crippen molar-refractivity contribution in [2.24, 2.45) is 0 Å². The lowest BCUT2D eigenvalue weighted by Crippen LogP contribution is -2.42. The molecular formula is C15H22N2O3. The molecule has 2 rings (SSSR count). The van der Waals surface area contributed by atoms with Crippen LogP contribution in [-0.2, 0) is 11.3 Å². The Morgan fingerprint density at radius 2 is 2.20 bits per heavy atom. The second-order valence-corrected chi connectivity index (χ2v) is 4.96. The van der Waals surface area contributed by atoms with Crippen molar-refractivity contribution in [1.82, 2.24) is 10.2 Å². The van der Waals surface area contributed by atoms with Crippen molar-refractivity contribution in [2.75, 3.05) is 26.2 Å². The molecule has 1 aliphatic heterocycles. The van der Waals surface area contributed by atoms with Gasteiger partial charge in [-0.2, -0.15) is 0 Å². The first-order valence-electron chi connectivity index (χ1n) is 7.10. The third-order valence-electron chi connectivity index (χ3n) is 3.47. The van der Waals surface area contributed by atoms with Crippen LogP contribution in [0.2, 0.25) is 0 Å². The number of carbonyl (C=O) groups excluding carboxylic acids is 1. The van der Waals surface area contributed by atoms with Crippen LogP contribution in [-0.4, -0.2) is 48.4 Å². The molecule has 1 unspecified atom stereocenters. The van der Waals surface area contributed by atoms with Gasteiger partial charge in [-0.1, -0.05) is 30.3 Å². The fourth-order valence-electron chi connectivity index (χ4n) is 2.37. The van der Waals surface area contributed by atoms with Crippen molar-refractivity contribution in [3.63, 3.8) is 0 Å². The number of ether oxygens (including phenoxy) is 1. The SMILES string of the molecule is O=C(OCc1ccccc1)N(CCCO)C1CCNC1. The van der Waals surface area contributed by atoms with Crippen molar-refractivity contribution in [1.29, 1.82) is 0 Å². The molecule has 0 radical (unpaired) electrons.